The van der Waals surface area contributed by atoms with Crippen molar-refractivity contribution >= 4 is 13.7 Å². The Hall–Kier alpha value is -0.945. The summed E-state index contributed by atoms with van der Waals surface area (Å²) in [6.07, 6.45) is 2.00. The third-order valence-electron chi connectivity index (χ3n) is 2.49. The summed E-state index contributed by atoms with van der Waals surface area (Å²) < 4.78 is 29.0. The number of nitrogens with zero attached hydrogens (tertiary/aromatic N) is 1. The number of hydrogen-bond acceptors (Lipinski definition) is 4. The molecule has 0 saturated heterocycles. The van der Waals surface area contributed by atoms with Gasteiger partial charge in [0.2, 0.25) is 0 Å². The van der Waals surface area contributed by atoms with Crippen LogP contribution < -0.4 is 5.73 Å². The minimum Gasteiger partial charge on any atom is -0.427 e. The standard InChI is InChI=1S/C10H18BF2N2O2/c1-9(2,16)10(3,4)17-11-7(5-14)6-15-8(12)13/h5-6,8,16H,14H2,1-4H3. The van der Waals surface area contributed by atoms with Gasteiger partial charge in [0.1, 0.15) is 0 Å². The van der Waals surface area contributed by atoms with Crippen molar-refractivity contribution in [2.75, 3.05) is 0 Å². The minimum atomic E-state index is -2.79. The van der Waals surface area contributed by atoms with Crippen LogP contribution in [0.4, 0.5) is 8.78 Å². The fourth-order valence-electron chi connectivity index (χ4n) is 0.615. The van der Waals surface area contributed by atoms with Gasteiger partial charge < -0.3 is 15.5 Å². The van der Waals surface area contributed by atoms with Crippen LogP contribution in [0, 0.1) is 0 Å². The molecule has 0 aliphatic rings. The van der Waals surface area contributed by atoms with Gasteiger partial charge >= 0.3 is 14.0 Å². The van der Waals surface area contributed by atoms with E-state index < -0.39 is 17.8 Å². The molecule has 0 bridgehead atoms. The molecule has 0 unspecified atom stereocenters. The summed E-state index contributed by atoms with van der Waals surface area (Å²) in [6, 6.07) is 0. The van der Waals surface area contributed by atoms with Gasteiger partial charge in [-0.1, -0.05) is 0 Å². The van der Waals surface area contributed by atoms with Crippen LogP contribution >= 0.6 is 0 Å². The van der Waals surface area contributed by atoms with Crippen LogP contribution in [-0.4, -0.2) is 36.6 Å². The number of hydrogen-bond donors (Lipinski definition) is 2. The molecule has 0 aromatic carbocycles. The van der Waals surface area contributed by atoms with Crippen LogP contribution in [0.3, 0.4) is 0 Å². The van der Waals surface area contributed by atoms with E-state index >= 15 is 0 Å². The van der Waals surface area contributed by atoms with E-state index in [1.165, 1.54) is 7.48 Å². The van der Waals surface area contributed by atoms with Crippen molar-refractivity contribution in [2.45, 2.75) is 45.4 Å². The average Bonchev–Trinajstić information content (AvgIpc) is 2.15. The van der Waals surface area contributed by atoms with Gasteiger partial charge in [-0.15, -0.1) is 0 Å². The van der Waals surface area contributed by atoms with Gasteiger partial charge in [0.25, 0.3) is 0 Å². The van der Waals surface area contributed by atoms with Crippen LogP contribution in [0.25, 0.3) is 0 Å². The quantitative estimate of drug-likeness (QED) is 0.422. The van der Waals surface area contributed by atoms with E-state index in [4.69, 9.17) is 10.4 Å². The maximum atomic E-state index is 11.8. The monoisotopic (exact) mass is 247 g/mol. The number of aliphatic imine (C=N–C) groups is 1. The normalized spacial score (nSPS) is 14.7. The Morgan fingerprint density at radius 3 is 2.29 bits per heavy atom. The second kappa shape index (κ2) is 6.11. The summed E-state index contributed by atoms with van der Waals surface area (Å²) >= 11 is 0. The lowest BCUT2D eigenvalue weighted by atomic mass is 9.83. The highest BCUT2D eigenvalue weighted by molar-refractivity contribution is 6.46. The van der Waals surface area contributed by atoms with Crippen molar-refractivity contribution in [3.63, 3.8) is 0 Å². The van der Waals surface area contributed by atoms with Gasteiger partial charge in [0, 0.05) is 6.21 Å². The molecule has 0 spiro atoms. The molecule has 0 heterocycles. The summed E-state index contributed by atoms with van der Waals surface area (Å²) in [4.78, 5) is 2.88. The molecule has 0 saturated carbocycles. The van der Waals surface area contributed by atoms with Crippen LogP contribution in [0.2, 0.25) is 0 Å². The van der Waals surface area contributed by atoms with Gasteiger partial charge in [-0.25, -0.2) is 4.99 Å². The summed E-state index contributed by atoms with van der Waals surface area (Å²) in [5.41, 5.74) is 3.44. The number of aliphatic hydroxyl groups is 1. The van der Waals surface area contributed by atoms with E-state index in [0.29, 0.717) is 0 Å². The summed E-state index contributed by atoms with van der Waals surface area (Å²) in [6.45, 7) is 3.71. The molecule has 3 N–H and O–H groups in total. The number of halogens is 2. The van der Waals surface area contributed by atoms with Crippen molar-refractivity contribution in [3.05, 3.63) is 11.7 Å². The Kier molecular flexibility index (Phi) is 5.77. The molecule has 0 aliphatic heterocycles. The molecule has 0 amide bonds. The summed E-state index contributed by atoms with van der Waals surface area (Å²) in [5.74, 6) is 0. The first-order valence-corrected chi connectivity index (χ1v) is 5.07. The van der Waals surface area contributed by atoms with E-state index in [0.717, 1.165) is 12.4 Å². The lowest BCUT2D eigenvalue weighted by Gasteiger charge is -2.37. The summed E-state index contributed by atoms with van der Waals surface area (Å²) in [7, 11) is 1.18. The first-order valence-electron chi connectivity index (χ1n) is 5.07. The predicted octanol–water partition coefficient (Wildman–Crippen LogP) is 1.27. The molecule has 7 heteroatoms. The van der Waals surface area contributed by atoms with E-state index in [2.05, 4.69) is 4.99 Å². The van der Waals surface area contributed by atoms with Crippen LogP contribution in [0.5, 0.6) is 0 Å². The van der Waals surface area contributed by atoms with Crippen LogP contribution in [0.1, 0.15) is 27.7 Å². The molecular formula is C10H18BF2N2O2. The number of nitrogens with two attached hydrogens (primary N) is 1. The first-order chi connectivity index (χ1) is 7.60. The number of allylic oxidation sites excluding steroid dienone is 1. The zero-order valence-corrected chi connectivity index (χ0v) is 10.4. The van der Waals surface area contributed by atoms with E-state index in [9.17, 15) is 13.9 Å². The van der Waals surface area contributed by atoms with Gasteiger partial charge in [0.15, 0.2) is 0 Å². The molecule has 0 aromatic heterocycles. The molecule has 0 aromatic rings. The molecule has 0 aliphatic carbocycles. The Morgan fingerprint density at radius 2 is 1.94 bits per heavy atom. The Bertz CT molecular complexity index is 299. The SMILES string of the molecule is CC(C)(O)C(C)(C)O[B]C(C=NC(F)F)=CN. The van der Waals surface area contributed by atoms with Crippen molar-refractivity contribution in [3.8, 4) is 0 Å². The maximum absolute atomic E-state index is 11.8. The van der Waals surface area contributed by atoms with E-state index in [-0.39, 0.29) is 5.47 Å². The molecular weight excluding hydrogens is 229 g/mol. The first kappa shape index (κ1) is 16.1. The van der Waals surface area contributed by atoms with E-state index in [1.54, 1.807) is 27.7 Å². The van der Waals surface area contributed by atoms with E-state index in [1.807, 2.05) is 0 Å². The van der Waals surface area contributed by atoms with Crippen molar-refractivity contribution in [1.29, 1.82) is 0 Å². The van der Waals surface area contributed by atoms with Gasteiger partial charge in [-0.2, -0.15) is 8.78 Å². The lowest BCUT2D eigenvalue weighted by molar-refractivity contribution is -0.0895. The molecule has 0 fully saturated rings. The second-order valence-electron chi connectivity index (χ2n) is 4.53. The third-order valence-corrected chi connectivity index (χ3v) is 2.49. The zero-order chi connectivity index (χ0) is 13.7. The molecule has 4 nitrogen and oxygen atoms in total. The average molecular weight is 247 g/mol. The molecule has 17 heavy (non-hydrogen) atoms. The fraction of sp³-hybridized carbons (Fsp3) is 0.700. The van der Waals surface area contributed by atoms with Gasteiger partial charge in [-0.3, -0.25) is 0 Å². The highest BCUT2D eigenvalue weighted by Crippen LogP contribution is 2.24. The second-order valence-corrected chi connectivity index (χ2v) is 4.53. The van der Waals surface area contributed by atoms with Crippen LogP contribution in [-0.2, 0) is 4.65 Å². The molecule has 0 atom stereocenters. The zero-order valence-electron chi connectivity index (χ0n) is 10.4. The lowest BCUT2D eigenvalue weighted by Crippen LogP contribution is -2.48. The highest BCUT2D eigenvalue weighted by atomic mass is 19.3. The van der Waals surface area contributed by atoms with Gasteiger partial charge in [0.05, 0.1) is 11.2 Å². The molecule has 1 radical (unpaired) electrons. The Balaban J connectivity index is 4.45. The maximum Gasteiger partial charge on any atom is 0.333 e. The molecule has 97 valence electrons. The minimum absolute atomic E-state index is 0.197. The van der Waals surface area contributed by atoms with Crippen molar-refractivity contribution in [2.24, 2.45) is 10.7 Å². The smallest absolute Gasteiger partial charge is 0.333 e. The molecule has 0 rings (SSSR count). The van der Waals surface area contributed by atoms with Crippen LogP contribution in [0.15, 0.2) is 16.7 Å². The third kappa shape index (κ3) is 5.79. The fourth-order valence-corrected chi connectivity index (χ4v) is 0.615. The Morgan fingerprint density at radius 1 is 1.41 bits per heavy atom. The number of alkyl halides is 2. The Labute approximate surface area is 101 Å². The number of rotatable bonds is 6. The summed E-state index contributed by atoms with van der Waals surface area (Å²) in [5, 5.41) is 9.80. The highest BCUT2D eigenvalue weighted by Gasteiger charge is 2.35. The van der Waals surface area contributed by atoms with Gasteiger partial charge in [-0.05, 0) is 39.4 Å². The van der Waals surface area contributed by atoms with Crippen molar-refractivity contribution < 1.29 is 18.5 Å². The largest absolute Gasteiger partial charge is 0.427 e. The van der Waals surface area contributed by atoms with Crippen molar-refractivity contribution in [1.82, 2.24) is 0 Å². The topological polar surface area (TPSA) is 67.8 Å². The predicted molar refractivity (Wildman–Crippen MR) is 64.0 cm³/mol.